The molecule has 4 aliphatic rings. The van der Waals surface area contributed by atoms with E-state index < -0.39 is 12.3 Å². The molecule has 4 atom stereocenters. The van der Waals surface area contributed by atoms with Crippen molar-refractivity contribution in [1.29, 1.82) is 0 Å². The van der Waals surface area contributed by atoms with E-state index in [2.05, 4.69) is 0 Å². The van der Waals surface area contributed by atoms with Gasteiger partial charge in [0.2, 0.25) is 23.5 Å². The van der Waals surface area contributed by atoms with Gasteiger partial charge in [0.15, 0.2) is 0 Å². The van der Waals surface area contributed by atoms with Gasteiger partial charge in [0.1, 0.15) is 0 Å². The molecule has 2 aromatic heterocycles. The normalized spacial score (nSPS) is 23.7. The van der Waals surface area contributed by atoms with Crippen molar-refractivity contribution in [2.75, 3.05) is 13.2 Å². The summed E-state index contributed by atoms with van der Waals surface area (Å²) in [4.78, 5) is 33.8. The molecule has 190 valence electrons. The quantitative estimate of drug-likeness (QED) is 0.253. The summed E-state index contributed by atoms with van der Waals surface area (Å²) in [5.74, 6) is -1.34. The summed E-state index contributed by atoms with van der Waals surface area (Å²) in [6.45, 7) is -0.123. The zero-order valence-electron chi connectivity index (χ0n) is 19.0. The van der Waals surface area contributed by atoms with Crippen LogP contribution in [0.15, 0.2) is 24.3 Å². The van der Waals surface area contributed by atoms with Gasteiger partial charge in [-0.3, -0.25) is 9.68 Å². The first-order valence-electron chi connectivity index (χ1n) is 11.7. The Morgan fingerprint density at radius 3 is 1.25 bits per heavy atom. The van der Waals surface area contributed by atoms with Gasteiger partial charge in [0.05, 0.1) is 13.2 Å². The molecule has 2 heterocycles. The molecule has 4 bridgehead atoms. The lowest BCUT2D eigenvalue weighted by atomic mass is 10.0. The number of fused-ring (bicyclic) bond motifs is 10. The van der Waals surface area contributed by atoms with Gasteiger partial charge in [-0.1, -0.05) is 24.3 Å². The van der Waals surface area contributed by atoms with Crippen LogP contribution in [0, 0.1) is 0 Å². The van der Waals surface area contributed by atoms with Crippen LogP contribution in [0.5, 0.6) is 23.5 Å². The predicted molar refractivity (Wildman–Crippen MR) is 119 cm³/mol. The molecule has 0 fully saturated rings. The van der Waals surface area contributed by atoms with Gasteiger partial charge in [-0.15, -0.1) is 9.46 Å². The van der Waals surface area contributed by atoms with E-state index in [1.54, 1.807) is 0 Å². The number of rotatable bonds is 7. The first-order chi connectivity index (χ1) is 17.3. The third-order valence-electron chi connectivity index (χ3n) is 7.27. The van der Waals surface area contributed by atoms with Gasteiger partial charge in [-0.05, 0) is 25.7 Å². The summed E-state index contributed by atoms with van der Waals surface area (Å²) in [6.07, 6.45) is 7.78. The molecule has 0 amide bonds. The van der Waals surface area contributed by atoms with Crippen molar-refractivity contribution in [2.24, 2.45) is 0 Å². The van der Waals surface area contributed by atoms with Crippen LogP contribution < -0.4 is 9.68 Å². The standard InChI is InChI=1S/C24H24N2O10/c27-19-15-11-3-4-12(9-11)16(15)20(28)25(19)35-23(31)33-7-1-2-8-34-24(32)36-26-21(29)17-13-5-6-14(10-13)18(17)22(26)30/h3-6,11-14,27-30H,1-2,7-10H2. The molecule has 0 aromatic carbocycles. The van der Waals surface area contributed by atoms with E-state index in [0.29, 0.717) is 44.6 Å². The molecule has 0 radical (unpaired) electrons. The predicted octanol–water partition coefficient (Wildman–Crippen LogP) is 3.00. The molecule has 0 spiro atoms. The summed E-state index contributed by atoms with van der Waals surface area (Å²) < 4.78 is 11.2. The Balaban J connectivity index is 0.925. The zero-order valence-corrected chi connectivity index (χ0v) is 19.0. The smallest absolute Gasteiger partial charge is 0.492 e. The van der Waals surface area contributed by atoms with E-state index in [4.69, 9.17) is 19.1 Å². The van der Waals surface area contributed by atoms with Crippen molar-refractivity contribution in [1.82, 2.24) is 9.46 Å². The lowest BCUT2D eigenvalue weighted by Crippen LogP contribution is -2.22. The number of carbonyl (C=O) groups excluding carboxylic acids is 2. The van der Waals surface area contributed by atoms with Crippen LogP contribution in [0.4, 0.5) is 9.59 Å². The number of aromatic hydroxyl groups is 4. The van der Waals surface area contributed by atoms with Crippen molar-refractivity contribution in [3.05, 3.63) is 46.6 Å². The van der Waals surface area contributed by atoms with Crippen LogP contribution in [0.3, 0.4) is 0 Å². The topological polar surface area (TPSA) is 162 Å². The molecule has 12 heteroatoms. The minimum absolute atomic E-state index is 0.0121. The number of allylic oxidation sites excluding steroid dienone is 4. The number of hydrogen-bond acceptors (Lipinski definition) is 10. The van der Waals surface area contributed by atoms with Crippen molar-refractivity contribution in [3.8, 4) is 23.5 Å². The van der Waals surface area contributed by atoms with Crippen LogP contribution in [-0.2, 0) is 9.47 Å². The molecular weight excluding hydrogens is 476 g/mol. The third kappa shape index (κ3) is 3.28. The highest BCUT2D eigenvalue weighted by molar-refractivity contribution is 5.64. The second-order valence-electron chi connectivity index (χ2n) is 9.29. The van der Waals surface area contributed by atoms with E-state index in [1.807, 2.05) is 24.3 Å². The Hall–Kier alpha value is -4.22. The summed E-state index contributed by atoms with van der Waals surface area (Å²) in [5, 5.41) is 41.4. The van der Waals surface area contributed by atoms with Crippen LogP contribution in [-0.4, -0.2) is 55.4 Å². The van der Waals surface area contributed by atoms with Crippen LogP contribution in [0.2, 0.25) is 0 Å². The van der Waals surface area contributed by atoms with Gasteiger partial charge >= 0.3 is 12.3 Å². The molecule has 4 unspecified atom stereocenters. The number of hydrogen-bond donors (Lipinski definition) is 4. The third-order valence-corrected chi connectivity index (χ3v) is 7.27. The molecule has 0 saturated heterocycles. The van der Waals surface area contributed by atoms with E-state index in [9.17, 15) is 30.0 Å². The maximum atomic E-state index is 12.0. The molecule has 4 aliphatic carbocycles. The number of ether oxygens (including phenoxy) is 2. The summed E-state index contributed by atoms with van der Waals surface area (Å²) in [6, 6.07) is 0. The van der Waals surface area contributed by atoms with Gasteiger partial charge in [0, 0.05) is 45.9 Å². The number of carbonyl (C=O) groups is 2. The van der Waals surface area contributed by atoms with Crippen molar-refractivity contribution in [3.63, 3.8) is 0 Å². The highest BCUT2D eigenvalue weighted by Gasteiger charge is 2.43. The van der Waals surface area contributed by atoms with Crippen LogP contribution in [0.25, 0.3) is 0 Å². The van der Waals surface area contributed by atoms with Crippen molar-refractivity contribution >= 4 is 12.3 Å². The summed E-state index contributed by atoms with van der Waals surface area (Å²) in [7, 11) is 0. The Morgan fingerprint density at radius 1 is 0.639 bits per heavy atom. The number of nitrogens with zero attached hydrogens (tertiary/aromatic N) is 2. The molecular formula is C24H24N2O10. The van der Waals surface area contributed by atoms with Gasteiger partial charge in [-0.2, -0.15) is 0 Å². The summed E-state index contributed by atoms with van der Waals surface area (Å²) in [5.41, 5.74) is 2.25. The highest BCUT2D eigenvalue weighted by Crippen LogP contribution is 2.57. The second kappa shape index (κ2) is 8.18. The minimum atomic E-state index is -1.11. The Bertz CT molecular complexity index is 1150. The average Bonchev–Trinajstić information content (AvgIpc) is 3.69. The first kappa shape index (κ1) is 22.3. The van der Waals surface area contributed by atoms with E-state index in [0.717, 1.165) is 12.8 Å². The average molecular weight is 500 g/mol. The minimum Gasteiger partial charge on any atom is -0.492 e. The van der Waals surface area contributed by atoms with Crippen LogP contribution >= 0.6 is 0 Å². The fraction of sp³-hybridized carbons (Fsp3) is 0.417. The van der Waals surface area contributed by atoms with E-state index in [-0.39, 0.29) is 60.4 Å². The highest BCUT2D eigenvalue weighted by atomic mass is 16.8. The SMILES string of the molecule is O=C(OCCCCOC(=O)On1c(O)c2c(c1O)C1C=CC2C1)On1c(O)c2c(c1O)C1C=CC2C1. The van der Waals surface area contributed by atoms with Gasteiger partial charge in [0.25, 0.3) is 0 Å². The Kier molecular flexibility index (Phi) is 5.06. The molecule has 12 nitrogen and oxygen atoms in total. The fourth-order valence-corrected chi connectivity index (χ4v) is 5.73. The van der Waals surface area contributed by atoms with Crippen molar-refractivity contribution < 1.29 is 49.2 Å². The van der Waals surface area contributed by atoms with Gasteiger partial charge < -0.3 is 29.9 Å². The molecule has 0 saturated carbocycles. The molecule has 4 N–H and O–H groups in total. The molecule has 36 heavy (non-hydrogen) atoms. The first-order valence-corrected chi connectivity index (χ1v) is 11.7. The van der Waals surface area contributed by atoms with Gasteiger partial charge in [-0.25, -0.2) is 9.59 Å². The molecule has 2 aromatic rings. The molecule has 0 aliphatic heterocycles. The Morgan fingerprint density at radius 2 is 0.944 bits per heavy atom. The van der Waals surface area contributed by atoms with Crippen molar-refractivity contribution in [2.45, 2.75) is 49.4 Å². The lowest BCUT2D eigenvalue weighted by Gasteiger charge is -2.10. The zero-order chi connectivity index (χ0) is 25.1. The monoisotopic (exact) mass is 500 g/mol. The maximum absolute atomic E-state index is 12.0. The Labute approximate surface area is 204 Å². The molecule has 6 rings (SSSR count). The maximum Gasteiger partial charge on any atom is 0.533 e. The lowest BCUT2D eigenvalue weighted by molar-refractivity contribution is 0.0261. The number of unbranched alkanes of at least 4 members (excludes halogenated alkanes) is 1. The fourth-order valence-electron chi connectivity index (χ4n) is 5.73. The van der Waals surface area contributed by atoms with E-state index >= 15 is 0 Å². The summed E-state index contributed by atoms with van der Waals surface area (Å²) >= 11 is 0. The van der Waals surface area contributed by atoms with E-state index in [1.165, 1.54) is 0 Å². The van der Waals surface area contributed by atoms with Crippen LogP contribution in [0.1, 0.15) is 71.6 Å². The largest absolute Gasteiger partial charge is 0.533 e. The second-order valence-corrected chi connectivity index (χ2v) is 9.29. The number of aromatic nitrogens is 2.